The molecule has 0 atom stereocenters. The Kier molecular flexibility index (Phi) is 7.86. The molecule has 1 aromatic carbocycles. The quantitative estimate of drug-likeness (QED) is 0.549. The van der Waals surface area contributed by atoms with Gasteiger partial charge in [0, 0.05) is 19.7 Å². The summed E-state index contributed by atoms with van der Waals surface area (Å²) in [5.74, 6) is -0.155. The Morgan fingerprint density at radius 2 is 1.89 bits per heavy atom. The van der Waals surface area contributed by atoms with Gasteiger partial charge in [-0.15, -0.1) is 0 Å². The smallest absolute Gasteiger partial charge is 0.307 e. The van der Waals surface area contributed by atoms with Gasteiger partial charge in [0.15, 0.2) is 0 Å². The molecule has 0 bridgehead atoms. The van der Waals surface area contributed by atoms with Crippen LogP contribution in [0.15, 0.2) is 24.3 Å². The van der Waals surface area contributed by atoms with Gasteiger partial charge < -0.3 is 14.8 Å². The number of rotatable bonds is 9. The van der Waals surface area contributed by atoms with Crippen LogP contribution in [0, 0.1) is 0 Å². The largest absolute Gasteiger partial charge is 0.466 e. The van der Waals surface area contributed by atoms with E-state index in [1.165, 1.54) is 11.1 Å². The van der Waals surface area contributed by atoms with E-state index >= 15 is 0 Å². The van der Waals surface area contributed by atoms with E-state index in [4.69, 9.17) is 9.47 Å². The Morgan fingerprint density at radius 1 is 1.16 bits per heavy atom. The van der Waals surface area contributed by atoms with Gasteiger partial charge in [0.05, 0.1) is 19.6 Å². The second-order valence-electron chi connectivity index (χ2n) is 4.14. The molecule has 4 heteroatoms. The third-order valence-corrected chi connectivity index (χ3v) is 2.71. The summed E-state index contributed by atoms with van der Waals surface area (Å²) in [7, 11) is 0. The van der Waals surface area contributed by atoms with Crippen LogP contribution in [-0.2, 0) is 27.4 Å². The van der Waals surface area contributed by atoms with Crippen molar-refractivity contribution in [1.82, 2.24) is 5.32 Å². The van der Waals surface area contributed by atoms with Crippen molar-refractivity contribution in [2.75, 3.05) is 19.8 Å². The predicted molar refractivity (Wildman–Crippen MR) is 74.7 cm³/mol. The molecule has 106 valence electrons. The number of carbonyl (C=O) groups is 1. The number of benzene rings is 1. The molecule has 0 amide bonds. The van der Waals surface area contributed by atoms with Crippen molar-refractivity contribution >= 4 is 5.97 Å². The molecule has 4 nitrogen and oxygen atoms in total. The topological polar surface area (TPSA) is 47.6 Å². The molecule has 0 saturated heterocycles. The lowest BCUT2D eigenvalue weighted by Gasteiger charge is -2.10. The van der Waals surface area contributed by atoms with Crippen LogP contribution in [0.5, 0.6) is 0 Å². The first-order valence-corrected chi connectivity index (χ1v) is 6.78. The van der Waals surface area contributed by atoms with Crippen LogP contribution < -0.4 is 5.32 Å². The van der Waals surface area contributed by atoms with E-state index in [2.05, 4.69) is 17.4 Å². The first kappa shape index (κ1) is 15.7. The lowest BCUT2D eigenvalue weighted by Crippen LogP contribution is -2.19. The molecule has 0 aliphatic heterocycles. The molecule has 1 rings (SSSR count). The molecular formula is C15H23NO3. The summed E-state index contributed by atoms with van der Waals surface area (Å²) in [5.41, 5.74) is 2.40. The first-order valence-electron chi connectivity index (χ1n) is 6.78. The van der Waals surface area contributed by atoms with Crippen molar-refractivity contribution in [2.45, 2.75) is 33.4 Å². The number of carbonyl (C=O) groups excluding carboxylic acids is 1. The van der Waals surface area contributed by atoms with Crippen LogP contribution in [0.3, 0.4) is 0 Å². The van der Waals surface area contributed by atoms with Crippen LogP contribution >= 0.6 is 0 Å². The normalized spacial score (nSPS) is 10.4. The predicted octanol–water partition coefficient (Wildman–Crippen LogP) is 2.27. The Balaban J connectivity index is 2.34. The van der Waals surface area contributed by atoms with E-state index in [-0.39, 0.29) is 5.97 Å². The Morgan fingerprint density at radius 3 is 2.58 bits per heavy atom. The number of hydrogen-bond acceptors (Lipinski definition) is 4. The summed E-state index contributed by atoms with van der Waals surface area (Å²) in [5, 5.41) is 3.25. The van der Waals surface area contributed by atoms with E-state index in [0.29, 0.717) is 32.8 Å². The summed E-state index contributed by atoms with van der Waals surface area (Å²) < 4.78 is 10.3. The average Bonchev–Trinajstić information content (AvgIpc) is 2.42. The van der Waals surface area contributed by atoms with Crippen molar-refractivity contribution in [3.63, 3.8) is 0 Å². The van der Waals surface area contributed by atoms with E-state index in [0.717, 1.165) is 6.54 Å². The van der Waals surface area contributed by atoms with Gasteiger partial charge in [0.1, 0.15) is 0 Å². The van der Waals surface area contributed by atoms with Crippen LogP contribution in [0.2, 0.25) is 0 Å². The summed E-state index contributed by atoms with van der Waals surface area (Å²) in [6.45, 7) is 6.95. The molecular weight excluding hydrogens is 242 g/mol. The fourth-order valence-electron chi connectivity index (χ4n) is 1.73. The molecule has 0 unspecified atom stereocenters. The summed E-state index contributed by atoms with van der Waals surface area (Å²) in [4.78, 5) is 11.2. The highest BCUT2D eigenvalue weighted by atomic mass is 16.5. The molecule has 0 aromatic heterocycles. The van der Waals surface area contributed by atoms with Gasteiger partial charge in [-0.2, -0.15) is 0 Å². The Labute approximate surface area is 115 Å². The fraction of sp³-hybridized carbons (Fsp3) is 0.533. The molecule has 19 heavy (non-hydrogen) atoms. The molecule has 0 spiro atoms. The fourth-order valence-corrected chi connectivity index (χ4v) is 1.73. The van der Waals surface area contributed by atoms with Crippen LogP contribution in [0.4, 0.5) is 0 Å². The molecule has 1 N–H and O–H groups in total. The van der Waals surface area contributed by atoms with Gasteiger partial charge in [0.25, 0.3) is 0 Å². The lowest BCUT2D eigenvalue weighted by atomic mass is 10.1. The third-order valence-electron chi connectivity index (χ3n) is 2.71. The molecule has 0 heterocycles. The Bertz CT molecular complexity index is 379. The van der Waals surface area contributed by atoms with E-state index in [1.807, 2.05) is 26.0 Å². The molecule has 0 aliphatic rings. The van der Waals surface area contributed by atoms with Crippen molar-refractivity contribution in [3.8, 4) is 0 Å². The van der Waals surface area contributed by atoms with Gasteiger partial charge >= 0.3 is 5.97 Å². The summed E-state index contributed by atoms with van der Waals surface area (Å²) in [6, 6.07) is 8.16. The Hall–Kier alpha value is -1.39. The minimum absolute atomic E-state index is 0.155. The SMILES string of the molecule is CCOCc1ccccc1CNCCC(=O)OCC. The third kappa shape index (κ3) is 6.36. The number of nitrogens with one attached hydrogen (secondary N) is 1. The molecule has 0 saturated carbocycles. The van der Waals surface area contributed by atoms with Crippen LogP contribution in [0.1, 0.15) is 31.4 Å². The summed E-state index contributed by atoms with van der Waals surface area (Å²) in [6.07, 6.45) is 0.404. The second-order valence-corrected chi connectivity index (χ2v) is 4.14. The van der Waals surface area contributed by atoms with E-state index in [9.17, 15) is 4.79 Å². The molecule has 0 fully saturated rings. The van der Waals surface area contributed by atoms with Gasteiger partial charge in [-0.1, -0.05) is 24.3 Å². The highest BCUT2D eigenvalue weighted by Crippen LogP contribution is 2.09. The van der Waals surface area contributed by atoms with Gasteiger partial charge in [-0.3, -0.25) is 4.79 Å². The standard InChI is InChI=1S/C15H23NO3/c1-3-18-12-14-8-6-5-7-13(14)11-16-10-9-15(17)19-4-2/h5-8,16H,3-4,9-12H2,1-2H3. The number of hydrogen-bond donors (Lipinski definition) is 1. The second kappa shape index (κ2) is 9.53. The van der Waals surface area contributed by atoms with Crippen LogP contribution in [0.25, 0.3) is 0 Å². The zero-order chi connectivity index (χ0) is 13.9. The van der Waals surface area contributed by atoms with Crippen molar-refractivity contribution < 1.29 is 14.3 Å². The highest BCUT2D eigenvalue weighted by Gasteiger charge is 2.03. The van der Waals surface area contributed by atoms with E-state index < -0.39 is 0 Å². The first-order chi connectivity index (χ1) is 9.27. The lowest BCUT2D eigenvalue weighted by molar-refractivity contribution is -0.142. The maximum atomic E-state index is 11.2. The zero-order valence-electron chi connectivity index (χ0n) is 11.8. The summed E-state index contributed by atoms with van der Waals surface area (Å²) >= 11 is 0. The molecule has 0 aliphatic carbocycles. The average molecular weight is 265 g/mol. The van der Waals surface area contributed by atoms with Gasteiger partial charge in [0.2, 0.25) is 0 Å². The molecule has 1 aromatic rings. The van der Waals surface area contributed by atoms with Crippen molar-refractivity contribution in [1.29, 1.82) is 0 Å². The van der Waals surface area contributed by atoms with Crippen molar-refractivity contribution in [3.05, 3.63) is 35.4 Å². The van der Waals surface area contributed by atoms with Crippen molar-refractivity contribution in [2.24, 2.45) is 0 Å². The minimum atomic E-state index is -0.155. The van der Waals surface area contributed by atoms with Crippen LogP contribution in [-0.4, -0.2) is 25.7 Å². The maximum Gasteiger partial charge on any atom is 0.307 e. The highest BCUT2D eigenvalue weighted by molar-refractivity contribution is 5.69. The number of esters is 1. The van der Waals surface area contributed by atoms with E-state index in [1.54, 1.807) is 0 Å². The minimum Gasteiger partial charge on any atom is -0.466 e. The zero-order valence-corrected chi connectivity index (χ0v) is 11.8. The molecule has 0 radical (unpaired) electrons. The van der Waals surface area contributed by atoms with Gasteiger partial charge in [-0.05, 0) is 25.0 Å². The number of ether oxygens (including phenoxy) is 2. The monoisotopic (exact) mass is 265 g/mol. The van der Waals surface area contributed by atoms with Gasteiger partial charge in [-0.25, -0.2) is 0 Å². The maximum absolute atomic E-state index is 11.2.